The van der Waals surface area contributed by atoms with Crippen LogP contribution in [0.5, 0.6) is 0 Å². The van der Waals surface area contributed by atoms with E-state index in [0.29, 0.717) is 31.6 Å². The van der Waals surface area contributed by atoms with Crippen molar-refractivity contribution in [2.24, 2.45) is 11.1 Å². The van der Waals surface area contributed by atoms with Gasteiger partial charge in [0.2, 0.25) is 0 Å². The quantitative estimate of drug-likeness (QED) is 0.677. The summed E-state index contributed by atoms with van der Waals surface area (Å²) in [6, 6.07) is 0. The van der Waals surface area contributed by atoms with Gasteiger partial charge in [-0.15, -0.1) is 11.8 Å². The lowest BCUT2D eigenvalue weighted by atomic mass is 9.66. The van der Waals surface area contributed by atoms with E-state index in [2.05, 4.69) is 11.8 Å². The molecule has 2 heteroatoms. The molecule has 1 rings (SSSR count). The Morgan fingerprint density at radius 3 is 2.64 bits per heavy atom. The molecule has 0 amide bonds. The van der Waals surface area contributed by atoms with E-state index in [1.807, 2.05) is 0 Å². The summed E-state index contributed by atoms with van der Waals surface area (Å²) in [6.07, 6.45) is 5.48. The fraction of sp³-hybridized carbons (Fsp3) is 0.750. The first-order chi connectivity index (χ1) is 6.72. The van der Waals surface area contributed by atoms with Crippen LogP contribution in [0.25, 0.3) is 0 Å². The topological polar surface area (TPSA) is 43.1 Å². The van der Waals surface area contributed by atoms with E-state index in [-0.39, 0.29) is 5.41 Å². The molecule has 0 aromatic heterocycles. The highest BCUT2D eigenvalue weighted by Crippen LogP contribution is 2.43. The van der Waals surface area contributed by atoms with Crippen molar-refractivity contribution in [2.75, 3.05) is 6.54 Å². The number of ketones is 1. The minimum absolute atomic E-state index is 0.163. The van der Waals surface area contributed by atoms with Gasteiger partial charge in [-0.25, -0.2) is 0 Å². The second kappa shape index (κ2) is 5.17. The van der Waals surface area contributed by atoms with Crippen molar-refractivity contribution in [2.45, 2.75) is 45.4 Å². The number of carbonyl (C=O) groups excluding carboxylic acids is 1. The van der Waals surface area contributed by atoms with Crippen molar-refractivity contribution in [3.05, 3.63) is 0 Å². The highest BCUT2D eigenvalue weighted by Gasteiger charge is 2.36. The fourth-order valence-electron chi connectivity index (χ4n) is 1.96. The van der Waals surface area contributed by atoms with E-state index in [0.717, 1.165) is 12.8 Å². The molecule has 0 unspecified atom stereocenters. The van der Waals surface area contributed by atoms with Crippen LogP contribution >= 0.6 is 0 Å². The first kappa shape index (κ1) is 11.3. The van der Waals surface area contributed by atoms with Crippen molar-refractivity contribution in [3.8, 4) is 11.8 Å². The summed E-state index contributed by atoms with van der Waals surface area (Å²) >= 11 is 0. The van der Waals surface area contributed by atoms with Gasteiger partial charge in [0.1, 0.15) is 5.78 Å². The van der Waals surface area contributed by atoms with E-state index >= 15 is 0 Å². The van der Waals surface area contributed by atoms with Crippen molar-refractivity contribution in [3.63, 3.8) is 0 Å². The van der Waals surface area contributed by atoms with Crippen LogP contribution in [0.4, 0.5) is 0 Å². The largest absolute Gasteiger partial charge is 0.330 e. The molecule has 0 heterocycles. The van der Waals surface area contributed by atoms with Gasteiger partial charge in [-0.05, 0) is 31.7 Å². The van der Waals surface area contributed by atoms with Gasteiger partial charge in [-0.2, -0.15) is 0 Å². The molecule has 0 aliphatic heterocycles. The smallest absolute Gasteiger partial charge is 0.134 e. The van der Waals surface area contributed by atoms with Crippen LogP contribution in [0.15, 0.2) is 0 Å². The number of hydrogen-bond acceptors (Lipinski definition) is 2. The molecule has 0 aromatic carbocycles. The average molecular weight is 193 g/mol. The Morgan fingerprint density at radius 1 is 1.50 bits per heavy atom. The predicted octanol–water partition coefficient (Wildman–Crippen LogP) is 1.88. The zero-order chi connectivity index (χ0) is 10.4. The molecule has 14 heavy (non-hydrogen) atoms. The maximum Gasteiger partial charge on any atom is 0.134 e. The molecule has 1 aliphatic carbocycles. The van der Waals surface area contributed by atoms with Crippen molar-refractivity contribution < 1.29 is 4.79 Å². The highest BCUT2D eigenvalue weighted by atomic mass is 16.1. The zero-order valence-corrected chi connectivity index (χ0v) is 8.94. The van der Waals surface area contributed by atoms with E-state index in [1.54, 1.807) is 6.92 Å². The van der Waals surface area contributed by atoms with Gasteiger partial charge in [0.25, 0.3) is 0 Å². The van der Waals surface area contributed by atoms with Crippen LogP contribution in [-0.4, -0.2) is 12.3 Å². The van der Waals surface area contributed by atoms with E-state index in [4.69, 9.17) is 5.73 Å². The first-order valence-electron chi connectivity index (χ1n) is 5.34. The van der Waals surface area contributed by atoms with Gasteiger partial charge in [-0.1, -0.05) is 6.42 Å². The summed E-state index contributed by atoms with van der Waals surface area (Å²) in [4.78, 5) is 11.6. The number of nitrogens with two attached hydrogens (primary N) is 1. The lowest BCUT2D eigenvalue weighted by Crippen LogP contribution is -2.39. The maximum atomic E-state index is 11.6. The molecule has 0 bridgehead atoms. The van der Waals surface area contributed by atoms with Crippen LogP contribution in [0.1, 0.15) is 45.4 Å². The molecule has 1 fully saturated rings. The minimum atomic E-state index is 0.163. The summed E-state index contributed by atoms with van der Waals surface area (Å²) < 4.78 is 0. The van der Waals surface area contributed by atoms with Crippen LogP contribution in [0, 0.1) is 17.3 Å². The Hall–Kier alpha value is -0.810. The van der Waals surface area contributed by atoms with Gasteiger partial charge < -0.3 is 5.73 Å². The maximum absolute atomic E-state index is 11.6. The third kappa shape index (κ3) is 2.85. The fourth-order valence-corrected chi connectivity index (χ4v) is 1.96. The molecule has 0 radical (unpaired) electrons. The van der Waals surface area contributed by atoms with Crippen molar-refractivity contribution >= 4 is 5.78 Å². The SMILES string of the molecule is CC#CCCC(=O)CC1(CN)CCC1. The number of Topliss-reactive ketones (excluding diaryl/α,β-unsaturated/α-hetero) is 1. The number of rotatable bonds is 5. The average Bonchev–Trinajstić information content (AvgIpc) is 2.12. The van der Waals surface area contributed by atoms with Crippen LogP contribution in [0.3, 0.4) is 0 Å². The summed E-state index contributed by atoms with van der Waals surface area (Å²) in [6.45, 7) is 2.47. The van der Waals surface area contributed by atoms with E-state index < -0.39 is 0 Å². The molecular formula is C12H19NO. The van der Waals surface area contributed by atoms with Crippen LogP contribution in [-0.2, 0) is 4.79 Å². The number of carbonyl (C=O) groups is 1. The molecule has 0 spiro atoms. The molecular weight excluding hydrogens is 174 g/mol. The molecule has 0 aromatic rings. The Morgan fingerprint density at radius 2 is 2.21 bits per heavy atom. The van der Waals surface area contributed by atoms with Crippen molar-refractivity contribution in [1.29, 1.82) is 0 Å². The van der Waals surface area contributed by atoms with Gasteiger partial charge >= 0.3 is 0 Å². The molecule has 2 N–H and O–H groups in total. The monoisotopic (exact) mass is 193 g/mol. The van der Waals surface area contributed by atoms with Gasteiger partial charge in [-0.3, -0.25) is 4.79 Å². The first-order valence-corrected chi connectivity index (χ1v) is 5.34. The molecule has 1 aliphatic rings. The second-order valence-electron chi connectivity index (χ2n) is 4.20. The Labute approximate surface area is 86.2 Å². The second-order valence-corrected chi connectivity index (χ2v) is 4.20. The Kier molecular flexibility index (Phi) is 4.16. The lowest BCUT2D eigenvalue weighted by molar-refractivity contribution is -0.122. The van der Waals surface area contributed by atoms with Crippen LogP contribution < -0.4 is 5.73 Å². The van der Waals surface area contributed by atoms with Crippen LogP contribution in [0.2, 0.25) is 0 Å². The Balaban J connectivity index is 2.27. The summed E-state index contributed by atoms with van der Waals surface area (Å²) in [5, 5.41) is 0. The zero-order valence-electron chi connectivity index (χ0n) is 8.94. The van der Waals surface area contributed by atoms with Gasteiger partial charge in [0, 0.05) is 19.3 Å². The molecule has 2 nitrogen and oxygen atoms in total. The Bertz CT molecular complexity index is 250. The standard InChI is InChI=1S/C12H19NO/c1-2-3-4-6-11(14)9-12(10-13)7-5-8-12/h4-10,13H2,1H3. The molecule has 78 valence electrons. The highest BCUT2D eigenvalue weighted by molar-refractivity contribution is 5.79. The molecule has 0 saturated heterocycles. The summed E-state index contributed by atoms with van der Waals surface area (Å²) in [5.74, 6) is 6.05. The number of hydrogen-bond donors (Lipinski definition) is 1. The summed E-state index contributed by atoms with van der Waals surface area (Å²) in [7, 11) is 0. The minimum Gasteiger partial charge on any atom is -0.330 e. The van der Waals surface area contributed by atoms with Gasteiger partial charge in [0.05, 0.1) is 0 Å². The predicted molar refractivity (Wildman–Crippen MR) is 57.6 cm³/mol. The van der Waals surface area contributed by atoms with E-state index in [9.17, 15) is 4.79 Å². The summed E-state index contributed by atoms with van der Waals surface area (Å²) in [5.41, 5.74) is 5.86. The van der Waals surface area contributed by atoms with E-state index in [1.165, 1.54) is 6.42 Å². The van der Waals surface area contributed by atoms with Crippen molar-refractivity contribution in [1.82, 2.24) is 0 Å². The van der Waals surface area contributed by atoms with Gasteiger partial charge in [0.15, 0.2) is 0 Å². The third-order valence-corrected chi connectivity index (χ3v) is 3.13. The lowest BCUT2D eigenvalue weighted by Gasteiger charge is -2.40. The molecule has 1 saturated carbocycles. The molecule has 0 atom stereocenters. The third-order valence-electron chi connectivity index (χ3n) is 3.13. The normalized spacial score (nSPS) is 17.9.